The summed E-state index contributed by atoms with van der Waals surface area (Å²) in [6, 6.07) is 1.64. The van der Waals surface area contributed by atoms with Crippen molar-refractivity contribution >= 4 is 28.2 Å². The number of fused-ring (bicyclic) bond motifs is 1. The Balaban J connectivity index is 1.96. The van der Waals surface area contributed by atoms with Gasteiger partial charge in [0.15, 0.2) is 0 Å². The Morgan fingerprint density at radius 3 is 2.82 bits per heavy atom. The van der Waals surface area contributed by atoms with Gasteiger partial charge in [-0.1, -0.05) is 0 Å². The fourth-order valence-corrected chi connectivity index (χ4v) is 4.01. The molecular weight excluding hydrogens is 302 g/mol. The summed E-state index contributed by atoms with van der Waals surface area (Å²) in [6.07, 6.45) is 5.55. The molecule has 6 nitrogen and oxygen atoms in total. The lowest BCUT2D eigenvalue weighted by Gasteiger charge is -2.11. The van der Waals surface area contributed by atoms with E-state index in [0.29, 0.717) is 16.3 Å². The van der Waals surface area contributed by atoms with Crippen molar-refractivity contribution in [2.45, 2.75) is 25.7 Å². The summed E-state index contributed by atoms with van der Waals surface area (Å²) >= 11 is 1.47. The second kappa shape index (κ2) is 5.92. The maximum Gasteiger partial charge on any atom is 0.341 e. The van der Waals surface area contributed by atoms with Gasteiger partial charge in [0.05, 0.1) is 12.7 Å². The van der Waals surface area contributed by atoms with Crippen LogP contribution in [0.4, 0.5) is 5.00 Å². The van der Waals surface area contributed by atoms with E-state index in [4.69, 9.17) is 4.74 Å². The number of aromatic nitrogens is 2. The maximum absolute atomic E-state index is 12.4. The predicted octanol–water partition coefficient (Wildman–Crippen LogP) is 2.40. The van der Waals surface area contributed by atoms with Crippen LogP contribution in [0.5, 0.6) is 0 Å². The van der Waals surface area contributed by atoms with Gasteiger partial charge in [0.2, 0.25) is 0 Å². The lowest BCUT2D eigenvalue weighted by molar-refractivity contribution is 0.0601. The summed E-state index contributed by atoms with van der Waals surface area (Å²) in [7, 11) is 3.07. The minimum atomic E-state index is -0.389. The van der Waals surface area contributed by atoms with Crippen molar-refractivity contribution in [2.75, 3.05) is 12.4 Å². The quantitative estimate of drug-likeness (QED) is 0.882. The Morgan fingerprint density at radius 2 is 2.14 bits per heavy atom. The van der Waals surface area contributed by atoms with E-state index in [0.717, 1.165) is 31.2 Å². The third kappa shape index (κ3) is 2.52. The van der Waals surface area contributed by atoms with Crippen LogP contribution in [0, 0.1) is 0 Å². The van der Waals surface area contributed by atoms with Gasteiger partial charge < -0.3 is 10.1 Å². The molecule has 0 bridgehead atoms. The molecule has 0 unspecified atom stereocenters. The minimum absolute atomic E-state index is 0.274. The molecule has 1 aliphatic rings. The highest BCUT2D eigenvalue weighted by Gasteiger charge is 2.27. The smallest absolute Gasteiger partial charge is 0.341 e. The van der Waals surface area contributed by atoms with E-state index in [1.807, 2.05) is 0 Å². The Hall–Kier alpha value is -2.15. The van der Waals surface area contributed by atoms with Crippen LogP contribution in [0.15, 0.2) is 12.3 Å². The molecule has 0 fully saturated rings. The van der Waals surface area contributed by atoms with Crippen molar-refractivity contribution in [3.05, 3.63) is 34.0 Å². The second-order valence-corrected chi connectivity index (χ2v) is 6.31. The van der Waals surface area contributed by atoms with Gasteiger partial charge in [-0.25, -0.2) is 4.79 Å². The molecule has 0 aliphatic heterocycles. The summed E-state index contributed by atoms with van der Waals surface area (Å²) in [4.78, 5) is 25.6. The fourth-order valence-electron chi connectivity index (χ4n) is 2.74. The highest BCUT2D eigenvalue weighted by molar-refractivity contribution is 7.17. The fraction of sp³-hybridized carbons (Fsp3) is 0.400. The number of ether oxygens (including phenoxy) is 1. The zero-order valence-electron chi connectivity index (χ0n) is 12.5. The van der Waals surface area contributed by atoms with E-state index in [9.17, 15) is 9.59 Å². The molecule has 22 heavy (non-hydrogen) atoms. The molecule has 0 aromatic carbocycles. The van der Waals surface area contributed by atoms with Gasteiger partial charge in [0.25, 0.3) is 5.91 Å². The number of anilines is 1. The van der Waals surface area contributed by atoms with Crippen LogP contribution >= 0.6 is 11.3 Å². The number of hydrogen-bond acceptors (Lipinski definition) is 5. The van der Waals surface area contributed by atoms with Gasteiger partial charge in [-0.15, -0.1) is 11.3 Å². The van der Waals surface area contributed by atoms with Gasteiger partial charge in [-0.2, -0.15) is 5.10 Å². The van der Waals surface area contributed by atoms with Crippen LogP contribution in [-0.4, -0.2) is 28.8 Å². The van der Waals surface area contributed by atoms with E-state index in [1.54, 1.807) is 19.3 Å². The number of thiophene rings is 1. The minimum Gasteiger partial charge on any atom is -0.465 e. The number of nitrogens with one attached hydrogen (secondary N) is 1. The van der Waals surface area contributed by atoms with Gasteiger partial charge in [-0.3, -0.25) is 9.48 Å². The molecule has 2 heterocycles. The summed E-state index contributed by atoms with van der Waals surface area (Å²) in [5.41, 5.74) is 1.99. The lowest BCUT2D eigenvalue weighted by atomic mass is 9.95. The average Bonchev–Trinajstić information content (AvgIpc) is 3.09. The van der Waals surface area contributed by atoms with E-state index < -0.39 is 0 Å². The van der Waals surface area contributed by atoms with Crippen LogP contribution in [-0.2, 0) is 24.6 Å². The average molecular weight is 319 g/mol. The zero-order valence-corrected chi connectivity index (χ0v) is 13.3. The number of amides is 1. The summed E-state index contributed by atoms with van der Waals surface area (Å²) in [5.74, 6) is -0.663. The van der Waals surface area contributed by atoms with Crippen molar-refractivity contribution in [1.82, 2.24) is 9.78 Å². The summed E-state index contributed by atoms with van der Waals surface area (Å²) in [5, 5.41) is 7.40. The molecule has 2 aromatic heterocycles. The maximum atomic E-state index is 12.4. The standard InChI is InChI=1S/C15H17N3O3S/c1-18-10(7-8-16-18)13(19)17-14-12(15(20)21-2)9-5-3-4-6-11(9)22-14/h7-8H,3-6H2,1-2H3,(H,17,19). The first-order valence-electron chi connectivity index (χ1n) is 7.14. The molecule has 116 valence electrons. The molecule has 1 aliphatic carbocycles. The SMILES string of the molecule is COC(=O)c1c(NC(=O)c2ccnn2C)sc2c1CCCC2. The summed E-state index contributed by atoms with van der Waals surface area (Å²) in [6.45, 7) is 0. The molecule has 2 aromatic rings. The molecule has 0 radical (unpaired) electrons. The molecule has 7 heteroatoms. The van der Waals surface area contributed by atoms with E-state index in [-0.39, 0.29) is 11.9 Å². The van der Waals surface area contributed by atoms with Gasteiger partial charge in [0, 0.05) is 18.1 Å². The van der Waals surface area contributed by atoms with Crippen LogP contribution in [0.1, 0.15) is 44.1 Å². The summed E-state index contributed by atoms with van der Waals surface area (Å²) < 4.78 is 6.40. The van der Waals surface area contributed by atoms with Crippen LogP contribution in [0.3, 0.4) is 0 Å². The van der Waals surface area contributed by atoms with Crippen molar-refractivity contribution < 1.29 is 14.3 Å². The molecule has 0 saturated heterocycles. The monoisotopic (exact) mass is 319 g/mol. The number of nitrogens with zero attached hydrogens (tertiary/aromatic N) is 2. The second-order valence-electron chi connectivity index (χ2n) is 5.20. The molecule has 1 amide bonds. The highest BCUT2D eigenvalue weighted by atomic mass is 32.1. The number of aryl methyl sites for hydroxylation is 2. The molecule has 0 spiro atoms. The molecule has 3 rings (SSSR count). The number of esters is 1. The number of carbonyl (C=O) groups is 2. The Kier molecular flexibility index (Phi) is 3.98. The molecule has 1 N–H and O–H groups in total. The largest absolute Gasteiger partial charge is 0.465 e. The van der Waals surface area contributed by atoms with Crippen molar-refractivity contribution in [3.8, 4) is 0 Å². The molecule has 0 atom stereocenters. The van der Waals surface area contributed by atoms with Crippen LogP contribution in [0.2, 0.25) is 0 Å². The molecule has 0 saturated carbocycles. The van der Waals surface area contributed by atoms with E-state index in [2.05, 4.69) is 10.4 Å². The van der Waals surface area contributed by atoms with Gasteiger partial charge >= 0.3 is 5.97 Å². The lowest BCUT2D eigenvalue weighted by Crippen LogP contribution is -2.17. The zero-order chi connectivity index (χ0) is 15.7. The van der Waals surface area contributed by atoms with Crippen LogP contribution < -0.4 is 5.32 Å². The third-order valence-corrected chi connectivity index (χ3v) is 5.05. The topological polar surface area (TPSA) is 73.2 Å². The van der Waals surface area contributed by atoms with Crippen molar-refractivity contribution in [1.29, 1.82) is 0 Å². The number of carbonyl (C=O) groups excluding carboxylic acids is 2. The number of hydrogen-bond donors (Lipinski definition) is 1. The number of methoxy groups -OCH3 is 1. The normalized spacial score (nSPS) is 13.5. The highest BCUT2D eigenvalue weighted by Crippen LogP contribution is 2.38. The third-order valence-electron chi connectivity index (χ3n) is 3.84. The van der Waals surface area contributed by atoms with E-state index in [1.165, 1.54) is 28.0 Å². The van der Waals surface area contributed by atoms with E-state index >= 15 is 0 Å². The van der Waals surface area contributed by atoms with Crippen molar-refractivity contribution in [2.24, 2.45) is 7.05 Å². The Bertz CT molecular complexity index is 732. The van der Waals surface area contributed by atoms with Crippen LogP contribution in [0.25, 0.3) is 0 Å². The first-order chi connectivity index (χ1) is 10.6. The predicted molar refractivity (Wildman–Crippen MR) is 83.5 cm³/mol. The van der Waals surface area contributed by atoms with Gasteiger partial charge in [-0.05, 0) is 37.3 Å². The Morgan fingerprint density at radius 1 is 1.36 bits per heavy atom. The van der Waals surface area contributed by atoms with Crippen molar-refractivity contribution in [3.63, 3.8) is 0 Å². The molecular formula is C15H17N3O3S. The van der Waals surface area contributed by atoms with Gasteiger partial charge in [0.1, 0.15) is 10.7 Å². The number of rotatable bonds is 3. The first-order valence-corrected chi connectivity index (χ1v) is 7.95. The Labute approximate surface area is 132 Å². The first kappa shape index (κ1) is 14.8.